The third kappa shape index (κ3) is 1.81. The van der Waals surface area contributed by atoms with E-state index >= 15 is 0 Å². The average molecular weight is 238 g/mol. The molecule has 1 aromatic heterocycles. The van der Waals surface area contributed by atoms with E-state index in [1.54, 1.807) is 0 Å². The fourth-order valence-corrected chi connectivity index (χ4v) is 2.03. The average Bonchev–Trinajstić information content (AvgIpc) is 2.56. The third-order valence-corrected chi connectivity index (χ3v) is 2.98. The molecule has 1 heterocycles. The van der Waals surface area contributed by atoms with Gasteiger partial charge >= 0.3 is 0 Å². The van der Waals surface area contributed by atoms with Crippen LogP contribution in [-0.4, -0.2) is 9.78 Å². The van der Waals surface area contributed by atoms with E-state index in [-0.39, 0.29) is 6.04 Å². The Morgan fingerprint density at radius 1 is 1.31 bits per heavy atom. The first-order chi connectivity index (χ1) is 7.50. The zero-order valence-electron chi connectivity index (χ0n) is 9.74. The summed E-state index contributed by atoms with van der Waals surface area (Å²) in [7, 11) is 0. The van der Waals surface area contributed by atoms with Crippen LogP contribution >= 0.6 is 11.6 Å². The molecule has 2 N–H and O–H groups in total. The monoisotopic (exact) mass is 237 g/mol. The first-order valence-electron chi connectivity index (χ1n) is 5.44. The molecule has 1 aromatic carbocycles. The van der Waals surface area contributed by atoms with E-state index in [9.17, 15) is 0 Å². The van der Waals surface area contributed by atoms with Gasteiger partial charge in [-0.25, -0.2) is 0 Å². The molecule has 2 rings (SSSR count). The van der Waals surface area contributed by atoms with Gasteiger partial charge < -0.3 is 5.73 Å². The molecule has 0 saturated heterocycles. The highest BCUT2D eigenvalue weighted by atomic mass is 35.5. The topological polar surface area (TPSA) is 43.8 Å². The maximum absolute atomic E-state index is 6.09. The second-order valence-corrected chi connectivity index (χ2v) is 4.75. The highest BCUT2D eigenvalue weighted by Crippen LogP contribution is 2.27. The smallest absolute Gasteiger partial charge is 0.158 e. The molecular weight excluding hydrogens is 222 g/mol. The van der Waals surface area contributed by atoms with Crippen LogP contribution in [0.5, 0.6) is 0 Å². The number of nitrogens with two attached hydrogens (primary N) is 1. The molecule has 1 unspecified atom stereocenters. The van der Waals surface area contributed by atoms with Crippen LogP contribution in [0.25, 0.3) is 10.9 Å². The van der Waals surface area contributed by atoms with Gasteiger partial charge in [0.25, 0.3) is 0 Å². The van der Waals surface area contributed by atoms with Gasteiger partial charge in [-0.2, -0.15) is 5.10 Å². The Hall–Kier alpha value is -1.06. The van der Waals surface area contributed by atoms with Crippen LogP contribution in [0.3, 0.4) is 0 Å². The van der Waals surface area contributed by atoms with Gasteiger partial charge in [0.2, 0.25) is 0 Å². The van der Waals surface area contributed by atoms with Gasteiger partial charge in [-0.15, -0.1) is 0 Å². The Balaban J connectivity index is 2.69. The summed E-state index contributed by atoms with van der Waals surface area (Å²) < 4.78 is 1.93. The molecule has 1 atom stereocenters. The van der Waals surface area contributed by atoms with Crippen LogP contribution in [0.1, 0.15) is 38.4 Å². The minimum atomic E-state index is 0.0266. The number of benzene rings is 1. The van der Waals surface area contributed by atoms with Crippen molar-refractivity contribution in [2.75, 3.05) is 0 Å². The third-order valence-electron chi connectivity index (χ3n) is 2.70. The second-order valence-electron chi connectivity index (χ2n) is 4.39. The lowest BCUT2D eigenvalue weighted by Crippen LogP contribution is -2.06. The molecule has 2 aromatic rings. The SMILES string of the molecule is CC(N)c1ccc2c(Cl)nn(C(C)C)c2c1. The van der Waals surface area contributed by atoms with Crippen molar-refractivity contribution in [3.63, 3.8) is 0 Å². The normalized spacial score (nSPS) is 13.6. The van der Waals surface area contributed by atoms with Gasteiger partial charge in [-0.3, -0.25) is 4.68 Å². The maximum Gasteiger partial charge on any atom is 0.158 e. The standard InChI is InChI=1S/C12H16ClN3/c1-7(2)16-11-6-9(8(3)14)4-5-10(11)12(13)15-16/h4-8H,14H2,1-3H3. The molecule has 4 heteroatoms. The number of nitrogens with zero attached hydrogens (tertiary/aromatic N) is 2. The van der Waals surface area contributed by atoms with Crippen molar-refractivity contribution in [3.05, 3.63) is 28.9 Å². The number of aromatic nitrogens is 2. The fraction of sp³-hybridized carbons (Fsp3) is 0.417. The van der Waals surface area contributed by atoms with Gasteiger partial charge in [-0.05, 0) is 38.5 Å². The van der Waals surface area contributed by atoms with Gasteiger partial charge in [0, 0.05) is 17.5 Å². The Morgan fingerprint density at radius 3 is 2.56 bits per heavy atom. The van der Waals surface area contributed by atoms with Crippen LogP contribution in [0, 0.1) is 0 Å². The number of fused-ring (bicyclic) bond motifs is 1. The summed E-state index contributed by atoms with van der Waals surface area (Å²) in [5.74, 6) is 0. The molecule has 0 aliphatic carbocycles. The summed E-state index contributed by atoms with van der Waals surface area (Å²) >= 11 is 6.09. The molecule has 0 spiro atoms. The Kier molecular flexibility index (Phi) is 2.91. The summed E-state index contributed by atoms with van der Waals surface area (Å²) in [5.41, 5.74) is 8.03. The first kappa shape index (κ1) is 11.4. The Bertz CT molecular complexity index is 514. The number of hydrogen-bond acceptors (Lipinski definition) is 2. The second kappa shape index (κ2) is 4.07. The minimum Gasteiger partial charge on any atom is -0.324 e. The van der Waals surface area contributed by atoms with Crippen molar-refractivity contribution in [1.82, 2.24) is 9.78 Å². The molecule has 0 fully saturated rings. The number of rotatable bonds is 2. The quantitative estimate of drug-likeness (QED) is 0.871. The molecule has 0 bridgehead atoms. The van der Waals surface area contributed by atoms with Crippen molar-refractivity contribution >= 4 is 22.5 Å². The summed E-state index contributed by atoms with van der Waals surface area (Å²) in [6, 6.07) is 6.38. The van der Waals surface area contributed by atoms with Crippen LogP contribution < -0.4 is 5.73 Å². The van der Waals surface area contributed by atoms with Crippen LogP contribution in [0.15, 0.2) is 18.2 Å². The van der Waals surface area contributed by atoms with Crippen molar-refractivity contribution < 1.29 is 0 Å². The number of halogens is 1. The van der Waals surface area contributed by atoms with E-state index in [2.05, 4.69) is 25.0 Å². The molecule has 16 heavy (non-hydrogen) atoms. The van der Waals surface area contributed by atoms with Crippen LogP contribution in [0.4, 0.5) is 0 Å². The summed E-state index contributed by atoms with van der Waals surface area (Å²) in [5, 5.41) is 5.87. The van der Waals surface area contributed by atoms with Crippen molar-refractivity contribution in [2.24, 2.45) is 5.73 Å². The van der Waals surface area contributed by atoms with E-state index in [4.69, 9.17) is 17.3 Å². The highest BCUT2D eigenvalue weighted by Gasteiger charge is 2.12. The van der Waals surface area contributed by atoms with Crippen molar-refractivity contribution in [2.45, 2.75) is 32.9 Å². The van der Waals surface area contributed by atoms with Gasteiger partial charge in [0.1, 0.15) is 0 Å². The van der Waals surface area contributed by atoms with Crippen molar-refractivity contribution in [3.8, 4) is 0 Å². The zero-order valence-corrected chi connectivity index (χ0v) is 10.5. The van der Waals surface area contributed by atoms with E-state index in [0.717, 1.165) is 16.5 Å². The minimum absolute atomic E-state index is 0.0266. The highest BCUT2D eigenvalue weighted by molar-refractivity contribution is 6.34. The Labute approximate surface area is 100 Å². The van der Waals surface area contributed by atoms with Gasteiger partial charge in [-0.1, -0.05) is 17.7 Å². The lowest BCUT2D eigenvalue weighted by atomic mass is 10.1. The van der Waals surface area contributed by atoms with E-state index in [1.165, 1.54) is 0 Å². The largest absolute Gasteiger partial charge is 0.324 e. The molecule has 0 aliphatic heterocycles. The van der Waals surface area contributed by atoms with E-state index in [1.807, 2.05) is 23.7 Å². The molecule has 3 nitrogen and oxygen atoms in total. The molecule has 0 amide bonds. The summed E-state index contributed by atoms with van der Waals surface area (Å²) in [4.78, 5) is 0. The molecule has 0 radical (unpaired) electrons. The summed E-state index contributed by atoms with van der Waals surface area (Å²) in [6.07, 6.45) is 0. The van der Waals surface area contributed by atoms with E-state index in [0.29, 0.717) is 11.2 Å². The lowest BCUT2D eigenvalue weighted by Gasteiger charge is -2.09. The zero-order chi connectivity index (χ0) is 11.9. The van der Waals surface area contributed by atoms with Crippen LogP contribution in [0.2, 0.25) is 5.15 Å². The molecule has 86 valence electrons. The van der Waals surface area contributed by atoms with E-state index < -0.39 is 0 Å². The Morgan fingerprint density at radius 2 is 2.00 bits per heavy atom. The predicted molar refractivity (Wildman–Crippen MR) is 67.7 cm³/mol. The van der Waals surface area contributed by atoms with Gasteiger partial charge in [0.05, 0.1) is 5.52 Å². The first-order valence-corrected chi connectivity index (χ1v) is 5.81. The van der Waals surface area contributed by atoms with Crippen LogP contribution in [-0.2, 0) is 0 Å². The predicted octanol–water partition coefficient (Wildman–Crippen LogP) is 3.29. The maximum atomic E-state index is 6.09. The molecule has 0 aliphatic rings. The van der Waals surface area contributed by atoms with Gasteiger partial charge in [0.15, 0.2) is 5.15 Å². The molecule has 0 saturated carbocycles. The van der Waals surface area contributed by atoms with Crippen molar-refractivity contribution in [1.29, 1.82) is 0 Å². The number of hydrogen-bond donors (Lipinski definition) is 1. The fourth-order valence-electron chi connectivity index (χ4n) is 1.79. The summed E-state index contributed by atoms with van der Waals surface area (Å²) in [6.45, 7) is 6.14. The molecular formula is C12H16ClN3. The lowest BCUT2D eigenvalue weighted by molar-refractivity contribution is 0.551.